The third-order valence-corrected chi connectivity index (χ3v) is 8.36. The summed E-state index contributed by atoms with van der Waals surface area (Å²) in [5, 5.41) is 0.570. The summed E-state index contributed by atoms with van der Waals surface area (Å²) in [6.45, 7) is 2.23. The van der Waals surface area contributed by atoms with Crippen molar-refractivity contribution < 1.29 is 22.7 Å². The fourth-order valence-corrected chi connectivity index (χ4v) is 6.10. The summed E-state index contributed by atoms with van der Waals surface area (Å²) < 4.78 is 37.7. The number of fused-ring (bicyclic) bond motifs is 1. The van der Waals surface area contributed by atoms with Gasteiger partial charge in [0.1, 0.15) is 10.9 Å². The Morgan fingerprint density at radius 3 is 2.69 bits per heavy atom. The van der Waals surface area contributed by atoms with Gasteiger partial charge in [-0.3, -0.25) is 0 Å². The standard InChI is InChI=1S/C19H24N4O5S/c24-19(28-14-11-27-12-14)22-9-15(10-22)29(25,26)23-6-3-13(4-7-23)17-8-21-18-16(17)2-1-5-20-18/h1-2,5,8,13-15H,3-4,6-7,9-12H2,(H,20,21). The minimum Gasteiger partial charge on any atom is -0.441 e. The zero-order chi connectivity index (χ0) is 20.0. The van der Waals surface area contributed by atoms with Crippen LogP contribution >= 0.6 is 0 Å². The van der Waals surface area contributed by atoms with Crippen LogP contribution in [0.5, 0.6) is 0 Å². The number of carbonyl (C=O) groups is 1. The normalized spacial score (nSPS) is 22.4. The minimum absolute atomic E-state index is 0.197. The van der Waals surface area contributed by atoms with Crippen molar-refractivity contribution in [3.05, 3.63) is 30.1 Å². The second-order valence-corrected chi connectivity index (χ2v) is 10.1. The second kappa shape index (κ2) is 7.26. The van der Waals surface area contributed by atoms with E-state index < -0.39 is 21.4 Å². The van der Waals surface area contributed by atoms with Gasteiger partial charge in [0.15, 0.2) is 6.10 Å². The molecule has 0 aliphatic carbocycles. The number of nitrogens with one attached hydrogen (secondary N) is 1. The maximum Gasteiger partial charge on any atom is 0.410 e. The summed E-state index contributed by atoms with van der Waals surface area (Å²) in [7, 11) is -3.41. The zero-order valence-corrected chi connectivity index (χ0v) is 16.8. The molecule has 0 bridgehead atoms. The first-order valence-corrected chi connectivity index (χ1v) is 11.5. The molecular formula is C19H24N4O5S. The topological polar surface area (TPSA) is 105 Å². The summed E-state index contributed by atoms with van der Waals surface area (Å²) in [6, 6.07) is 3.97. The number of aromatic amines is 1. The van der Waals surface area contributed by atoms with Crippen molar-refractivity contribution >= 4 is 27.1 Å². The number of piperidine rings is 1. The fraction of sp³-hybridized carbons (Fsp3) is 0.579. The highest BCUT2D eigenvalue weighted by Gasteiger charge is 2.45. The molecule has 5 rings (SSSR count). The zero-order valence-electron chi connectivity index (χ0n) is 16.0. The van der Waals surface area contributed by atoms with Gasteiger partial charge < -0.3 is 19.4 Å². The van der Waals surface area contributed by atoms with Crippen molar-refractivity contribution in [2.24, 2.45) is 0 Å². The van der Waals surface area contributed by atoms with Crippen molar-refractivity contribution in [2.45, 2.75) is 30.1 Å². The maximum atomic E-state index is 12.9. The van der Waals surface area contributed by atoms with E-state index in [4.69, 9.17) is 9.47 Å². The summed E-state index contributed by atoms with van der Waals surface area (Å²) in [6.07, 6.45) is 4.67. The van der Waals surface area contributed by atoms with E-state index in [1.54, 1.807) is 10.5 Å². The molecule has 1 amide bonds. The molecule has 29 heavy (non-hydrogen) atoms. The summed E-state index contributed by atoms with van der Waals surface area (Å²) in [5.74, 6) is 0.317. The Bertz CT molecular complexity index is 1000. The van der Waals surface area contributed by atoms with Crippen molar-refractivity contribution in [1.82, 2.24) is 19.2 Å². The van der Waals surface area contributed by atoms with Gasteiger partial charge in [0.2, 0.25) is 10.0 Å². The number of ether oxygens (including phenoxy) is 2. The van der Waals surface area contributed by atoms with E-state index >= 15 is 0 Å². The van der Waals surface area contributed by atoms with Gasteiger partial charge in [-0.2, -0.15) is 0 Å². The van der Waals surface area contributed by atoms with E-state index in [9.17, 15) is 13.2 Å². The molecule has 5 heterocycles. The van der Waals surface area contributed by atoms with Crippen LogP contribution in [0.3, 0.4) is 0 Å². The minimum atomic E-state index is -3.41. The van der Waals surface area contributed by atoms with Gasteiger partial charge in [-0.15, -0.1) is 0 Å². The fourth-order valence-electron chi connectivity index (χ4n) is 4.22. The first kappa shape index (κ1) is 18.8. The number of nitrogens with zero attached hydrogens (tertiary/aromatic N) is 3. The third kappa shape index (κ3) is 3.38. The molecule has 3 aliphatic heterocycles. The first-order valence-electron chi connectivity index (χ1n) is 9.96. The number of hydrogen-bond donors (Lipinski definition) is 1. The lowest BCUT2D eigenvalue weighted by Gasteiger charge is -2.42. The summed E-state index contributed by atoms with van der Waals surface area (Å²) >= 11 is 0. The van der Waals surface area contributed by atoms with Crippen molar-refractivity contribution in [1.29, 1.82) is 0 Å². The molecule has 0 saturated carbocycles. The molecular weight excluding hydrogens is 396 g/mol. The highest BCUT2D eigenvalue weighted by molar-refractivity contribution is 7.89. The number of sulfonamides is 1. The SMILES string of the molecule is O=C(OC1COC1)N1CC(S(=O)(=O)N2CCC(c3c[nH]c4ncccc34)CC2)C1. The second-order valence-electron chi connectivity index (χ2n) is 7.93. The van der Waals surface area contributed by atoms with Crippen LogP contribution in [0, 0.1) is 0 Å². The third-order valence-electron chi connectivity index (χ3n) is 6.14. The lowest BCUT2D eigenvalue weighted by atomic mass is 9.90. The highest BCUT2D eigenvalue weighted by Crippen LogP contribution is 2.34. The van der Waals surface area contributed by atoms with E-state index in [-0.39, 0.29) is 19.2 Å². The van der Waals surface area contributed by atoms with E-state index in [0.29, 0.717) is 32.2 Å². The predicted molar refractivity (Wildman–Crippen MR) is 105 cm³/mol. The largest absolute Gasteiger partial charge is 0.441 e. The smallest absolute Gasteiger partial charge is 0.410 e. The number of hydrogen-bond acceptors (Lipinski definition) is 6. The number of amides is 1. The van der Waals surface area contributed by atoms with E-state index in [2.05, 4.69) is 16.0 Å². The molecule has 3 aliphatic rings. The molecule has 0 aromatic carbocycles. The van der Waals surface area contributed by atoms with E-state index in [1.165, 1.54) is 10.5 Å². The molecule has 10 heteroatoms. The number of carbonyl (C=O) groups excluding carboxylic acids is 1. The molecule has 156 valence electrons. The van der Waals surface area contributed by atoms with Crippen LogP contribution in [0.25, 0.3) is 11.0 Å². The van der Waals surface area contributed by atoms with Crippen molar-refractivity contribution in [3.63, 3.8) is 0 Å². The molecule has 9 nitrogen and oxygen atoms in total. The van der Waals surface area contributed by atoms with Gasteiger partial charge >= 0.3 is 6.09 Å². The van der Waals surface area contributed by atoms with Crippen LogP contribution in [0.15, 0.2) is 24.5 Å². The molecule has 0 spiro atoms. The molecule has 0 radical (unpaired) electrons. The molecule has 3 saturated heterocycles. The van der Waals surface area contributed by atoms with Crippen molar-refractivity contribution in [2.75, 3.05) is 39.4 Å². The average Bonchev–Trinajstić information content (AvgIpc) is 3.07. The lowest BCUT2D eigenvalue weighted by Crippen LogP contribution is -2.61. The predicted octanol–water partition coefficient (Wildman–Crippen LogP) is 1.29. The van der Waals surface area contributed by atoms with Crippen LogP contribution in [0.1, 0.15) is 24.3 Å². The van der Waals surface area contributed by atoms with E-state index in [0.717, 1.165) is 23.9 Å². The first-order chi connectivity index (χ1) is 14.0. The van der Waals surface area contributed by atoms with Crippen LogP contribution in [0.4, 0.5) is 4.79 Å². The number of likely N-dealkylation sites (tertiary alicyclic amines) is 1. The molecule has 0 atom stereocenters. The van der Waals surface area contributed by atoms with Gasteiger partial charge in [0.25, 0.3) is 0 Å². The average molecular weight is 420 g/mol. The van der Waals surface area contributed by atoms with Crippen LogP contribution < -0.4 is 0 Å². The van der Waals surface area contributed by atoms with Gasteiger partial charge in [0, 0.05) is 44.0 Å². The van der Waals surface area contributed by atoms with Crippen LogP contribution in [0.2, 0.25) is 0 Å². The number of aromatic nitrogens is 2. The Morgan fingerprint density at radius 2 is 2.00 bits per heavy atom. The molecule has 1 N–H and O–H groups in total. The molecule has 2 aromatic rings. The Balaban J connectivity index is 1.17. The van der Waals surface area contributed by atoms with Crippen LogP contribution in [-0.4, -0.2) is 84.4 Å². The summed E-state index contributed by atoms with van der Waals surface area (Å²) in [4.78, 5) is 21.0. The molecule has 2 aromatic heterocycles. The molecule has 3 fully saturated rings. The number of H-pyrrole nitrogens is 1. The Kier molecular flexibility index (Phi) is 4.72. The Morgan fingerprint density at radius 1 is 1.24 bits per heavy atom. The lowest BCUT2D eigenvalue weighted by molar-refractivity contribution is -0.107. The monoisotopic (exact) mass is 420 g/mol. The quantitative estimate of drug-likeness (QED) is 0.799. The maximum absolute atomic E-state index is 12.9. The number of pyridine rings is 1. The van der Waals surface area contributed by atoms with Gasteiger partial charge in [-0.1, -0.05) is 0 Å². The number of rotatable bonds is 4. The van der Waals surface area contributed by atoms with Gasteiger partial charge in [0.05, 0.1) is 13.2 Å². The van der Waals surface area contributed by atoms with Crippen LogP contribution in [-0.2, 0) is 19.5 Å². The van der Waals surface area contributed by atoms with Crippen molar-refractivity contribution in [3.8, 4) is 0 Å². The summed E-state index contributed by atoms with van der Waals surface area (Å²) in [5.41, 5.74) is 2.08. The highest BCUT2D eigenvalue weighted by atomic mass is 32.2. The Labute approximate surface area is 169 Å². The van der Waals surface area contributed by atoms with Gasteiger partial charge in [-0.25, -0.2) is 22.5 Å². The van der Waals surface area contributed by atoms with E-state index in [1.807, 2.05) is 12.3 Å². The Hall–Kier alpha value is -2.17. The molecule has 0 unspecified atom stereocenters. The van der Waals surface area contributed by atoms with Gasteiger partial charge in [-0.05, 0) is 36.5 Å².